The smallest absolute Gasteiger partial charge is 0.234 e. The van der Waals surface area contributed by atoms with Gasteiger partial charge in [0.1, 0.15) is 0 Å². The minimum absolute atomic E-state index is 0.113. The fourth-order valence-corrected chi connectivity index (χ4v) is 4.82. The minimum Gasteiger partial charge on any atom is -0.379 e. The molecule has 154 valence electrons. The van der Waals surface area contributed by atoms with Crippen molar-refractivity contribution in [3.63, 3.8) is 0 Å². The van der Waals surface area contributed by atoms with Gasteiger partial charge in [0, 0.05) is 58.3 Å². The van der Waals surface area contributed by atoms with Crippen LogP contribution in [0.2, 0.25) is 0 Å². The molecule has 3 fully saturated rings. The van der Waals surface area contributed by atoms with Crippen LogP contribution in [0, 0.1) is 0 Å². The summed E-state index contributed by atoms with van der Waals surface area (Å²) >= 11 is 0. The van der Waals surface area contributed by atoms with E-state index in [4.69, 9.17) is 4.74 Å². The fourth-order valence-electron chi connectivity index (χ4n) is 4.82. The Labute approximate surface area is 163 Å². The summed E-state index contributed by atoms with van der Waals surface area (Å²) in [6.45, 7) is 9.54. The number of carbonyl (C=O) groups excluding carboxylic acids is 2. The molecule has 2 aliphatic heterocycles. The van der Waals surface area contributed by atoms with Gasteiger partial charge in [0.15, 0.2) is 0 Å². The average molecular weight is 381 g/mol. The molecule has 0 aromatic carbocycles. The standard InChI is InChI=1S/C20H36N4O3/c1-18(25)23-9-5-8-22(10-11-23)16-19(26)21-17-20(6-3-2-4-7-20)24-12-14-27-15-13-24/h2-17H2,1H3,(H,21,26). The van der Waals surface area contributed by atoms with Crippen molar-refractivity contribution in [2.45, 2.75) is 51.0 Å². The first kappa shape index (κ1) is 20.6. The van der Waals surface area contributed by atoms with Crippen molar-refractivity contribution in [1.82, 2.24) is 20.0 Å². The molecule has 7 heteroatoms. The highest BCUT2D eigenvalue weighted by molar-refractivity contribution is 5.78. The van der Waals surface area contributed by atoms with Crippen LogP contribution in [-0.4, -0.2) is 97.6 Å². The molecule has 0 aromatic rings. The molecule has 0 radical (unpaired) electrons. The van der Waals surface area contributed by atoms with Gasteiger partial charge in [-0.1, -0.05) is 19.3 Å². The summed E-state index contributed by atoms with van der Waals surface area (Å²) in [7, 11) is 0. The van der Waals surface area contributed by atoms with Gasteiger partial charge in [0.05, 0.1) is 19.8 Å². The Balaban J connectivity index is 1.49. The van der Waals surface area contributed by atoms with Crippen molar-refractivity contribution in [2.75, 3.05) is 65.6 Å². The van der Waals surface area contributed by atoms with E-state index in [1.807, 2.05) is 4.90 Å². The van der Waals surface area contributed by atoms with E-state index < -0.39 is 0 Å². The van der Waals surface area contributed by atoms with E-state index in [0.29, 0.717) is 6.54 Å². The first-order valence-corrected chi connectivity index (χ1v) is 10.7. The number of nitrogens with zero attached hydrogens (tertiary/aromatic N) is 3. The molecular weight excluding hydrogens is 344 g/mol. The SMILES string of the molecule is CC(=O)N1CCCN(CC(=O)NCC2(N3CCOCC3)CCCCC2)CC1. The fraction of sp³-hybridized carbons (Fsp3) is 0.900. The number of hydrogen-bond acceptors (Lipinski definition) is 5. The molecule has 27 heavy (non-hydrogen) atoms. The monoisotopic (exact) mass is 380 g/mol. The Bertz CT molecular complexity index is 501. The molecule has 0 unspecified atom stereocenters. The van der Waals surface area contributed by atoms with Gasteiger partial charge in [-0.15, -0.1) is 0 Å². The van der Waals surface area contributed by atoms with Crippen molar-refractivity contribution < 1.29 is 14.3 Å². The van der Waals surface area contributed by atoms with Crippen LogP contribution in [0.1, 0.15) is 45.4 Å². The first-order valence-electron chi connectivity index (χ1n) is 10.7. The molecule has 2 heterocycles. The molecule has 1 aliphatic carbocycles. The van der Waals surface area contributed by atoms with Crippen molar-refractivity contribution in [3.05, 3.63) is 0 Å². The number of nitrogens with one attached hydrogen (secondary N) is 1. The van der Waals surface area contributed by atoms with Crippen LogP contribution in [0.3, 0.4) is 0 Å². The molecule has 3 aliphatic rings. The largest absolute Gasteiger partial charge is 0.379 e. The van der Waals surface area contributed by atoms with E-state index >= 15 is 0 Å². The third kappa shape index (κ3) is 5.65. The van der Waals surface area contributed by atoms with Crippen molar-refractivity contribution in [3.8, 4) is 0 Å². The maximum atomic E-state index is 12.6. The van der Waals surface area contributed by atoms with Crippen LogP contribution < -0.4 is 5.32 Å². The molecule has 1 saturated carbocycles. The van der Waals surface area contributed by atoms with Crippen molar-refractivity contribution in [2.24, 2.45) is 0 Å². The molecule has 1 N–H and O–H groups in total. The van der Waals surface area contributed by atoms with E-state index in [2.05, 4.69) is 15.1 Å². The van der Waals surface area contributed by atoms with E-state index in [-0.39, 0.29) is 17.4 Å². The second-order valence-electron chi connectivity index (χ2n) is 8.30. The van der Waals surface area contributed by atoms with Crippen LogP contribution in [-0.2, 0) is 14.3 Å². The number of amides is 2. The lowest BCUT2D eigenvalue weighted by atomic mass is 9.79. The third-order valence-corrected chi connectivity index (χ3v) is 6.48. The topological polar surface area (TPSA) is 65.1 Å². The van der Waals surface area contributed by atoms with Crippen LogP contribution >= 0.6 is 0 Å². The highest BCUT2D eigenvalue weighted by Gasteiger charge is 2.38. The van der Waals surface area contributed by atoms with Gasteiger partial charge in [-0.3, -0.25) is 19.4 Å². The zero-order valence-corrected chi connectivity index (χ0v) is 16.9. The Kier molecular flexibility index (Phi) is 7.49. The van der Waals surface area contributed by atoms with E-state index in [1.54, 1.807) is 6.92 Å². The van der Waals surface area contributed by atoms with E-state index in [1.165, 1.54) is 32.1 Å². The molecule has 2 amide bonds. The number of rotatable bonds is 5. The molecular formula is C20H36N4O3. The van der Waals surface area contributed by atoms with Gasteiger partial charge >= 0.3 is 0 Å². The van der Waals surface area contributed by atoms with Gasteiger partial charge in [0.2, 0.25) is 11.8 Å². The predicted molar refractivity (Wildman–Crippen MR) is 105 cm³/mol. The quantitative estimate of drug-likeness (QED) is 0.760. The molecule has 0 atom stereocenters. The van der Waals surface area contributed by atoms with E-state index in [9.17, 15) is 9.59 Å². The van der Waals surface area contributed by atoms with Gasteiger partial charge in [-0.25, -0.2) is 0 Å². The highest BCUT2D eigenvalue weighted by atomic mass is 16.5. The third-order valence-electron chi connectivity index (χ3n) is 6.48. The number of ether oxygens (including phenoxy) is 1. The van der Waals surface area contributed by atoms with E-state index in [0.717, 1.165) is 65.4 Å². The summed E-state index contributed by atoms with van der Waals surface area (Å²) in [5.41, 5.74) is 0.113. The molecule has 0 spiro atoms. The summed E-state index contributed by atoms with van der Waals surface area (Å²) in [5, 5.41) is 3.25. The Morgan fingerprint density at radius 3 is 2.37 bits per heavy atom. The maximum absolute atomic E-state index is 12.6. The predicted octanol–water partition coefficient (Wildman–Crippen LogP) is 0.692. The zero-order valence-electron chi connectivity index (χ0n) is 16.9. The van der Waals surface area contributed by atoms with Crippen molar-refractivity contribution >= 4 is 11.8 Å². The molecule has 2 saturated heterocycles. The first-order chi connectivity index (χ1) is 13.1. The van der Waals surface area contributed by atoms with Gasteiger partial charge in [0.25, 0.3) is 0 Å². The number of morpholine rings is 1. The summed E-state index contributed by atoms with van der Waals surface area (Å²) < 4.78 is 5.54. The second-order valence-corrected chi connectivity index (χ2v) is 8.30. The average Bonchev–Trinajstić information content (AvgIpc) is 2.94. The summed E-state index contributed by atoms with van der Waals surface area (Å²) in [6.07, 6.45) is 7.08. The van der Waals surface area contributed by atoms with Crippen LogP contribution in [0.5, 0.6) is 0 Å². The summed E-state index contributed by atoms with van der Waals surface area (Å²) in [5.74, 6) is 0.246. The normalized spacial score (nSPS) is 25.0. The molecule has 7 nitrogen and oxygen atoms in total. The van der Waals surface area contributed by atoms with Crippen LogP contribution in [0.15, 0.2) is 0 Å². The molecule has 3 rings (SSSR count). The Hall–Kier alpha value is -1.18. The highest BCUT2D eigenvalue weighted by Crippen LogP contribution is 2.33. The summed E-state index contributed by atoms with van der Waals surface area (Å²) in [4.78, 5) is 30.8. The Morgan fingerprint density at radius 1 is 0.926 bits per heavy atom. The molecule has 0 bridgehead atoms. The molecule has 0 aromatic heterocycles. The van der Waals surface area contributed by atoms with Gasteiger partial charge in [-0.2, -0.15) is 0 Å². The lowest BCUT2D eigenvalue weighted by molar-refractivity contribution is -0.128. The van der Waals surface area contributed by atoms with Crippen molar-refractivity contribution in [1.29, 1.82) is 0 Å². The van der Waals surface area contributed by atoms with Crippen LogP contribution in [0.4, 0.5) is 0 Å². The lowest BCUT2D eigenvalue weighted by Gasteiger charge is -2.48. The minimum atomic E-state index is 0.113. The number of carbonyl (C=O) groups is 2. The summed E-state index contributed by atoms with van der Waals surface area (Å²) in [6, 6.07) is 0. The van der Waals surface area contributed by atoms with Gasteiger partial charge in [-0.05, 0) is 19.3 Å². The Morgan fingerprint density at radius 2 is 1.67 bits per heavy atom. The van der Waals surface area contributed by atoms with Crippen LogP contribution in [0.25, 0.3) is 0 Å². The second kappa shape index (κ2) is 9.85. The number of hydrogen-bond donors (Lipinski definition) is 1. The lowest BCUT2D eigenvalue weighted by Crippen LogP contribution is -2.60. The maximum Gasteiger partial charge on any atom is 0.234 e. The zero-order chi connectivity index (χ0) is 19.1. The van der Waals surface area contributed by atoms with Gasteiger partial charge < -0.3 is 15.0 Å².